The van der Waals surface area contributed by atoms with Crippen LogP contribution in [0.5, 0.6) is 11.5 Å². The number of carbonyl (C=O) groups is 1. The summed E-state index contributed by atoms with van der Waals surface area (Å²) in [5, 5.41) is 2.90. The molecule has 0 aliphatic heterocycles. The molecule has 4 nitrogen and oxygen atoms in total. The zero-order valence-electron chi connectivity index (χ0n) is 15.4. The Morgan fingerprint density at radius 3 is 2.40 bits per heavy atom. The number of ether oxygens (including phenoxy) is 2. The van der Waals surface area contributed by atoms with Gasteiger partial charge in [-0.05, 0) is 55.7 Å². The lowest BCUT2D eigenvalue weighted by molar-refractivity contribution is 0.102. The van der Waals surface area contributed by atoms with Crippen molar-refractivity contribution in [1.29, 1.82) is 0 Å². The number of hydrogen-bond acceptors (Lipinski definition) is 3. The van der Waals surface area contributed by atoms with Gasteiger partial charge in [-0.2, -0.15) is 0 Å². The van der Waals surface area contributed by atoms with Crippen molar-refractivity contribution in [3.8, 4) is 11.5 Å². The molecular weight excluding hydrogens is 314 g/mol. The lowest BCUT2D eigenvalue weighted by Crippen LogP contribution is -2.13. The molecule has 2 aromatic carbocycles. The minimum Gasteiger partial charge on any atom is -0.493 e. The minimum atomic E-state index is -0.156. The normalized spacial score (nSPS) is 11.9. The average molecular weight is 341 g/mol. The zero-order chi connectivity index (χ0) is 18.2. The van der Waals surface area contributed by atoms with E-state index in [4.69, 9.17) is 9.47 Å². The summed E-state index contributed by atoms with van der Waals surface area (Å²) in [5.74, 6) is 1.84. The average Bonchev–Trinajstić information content (AvgIpc) is 2.60. The van der Waals surface area contributed by atoms with Crippen molar-refractivity contribution in [2.75, 3.05) is 11.9 Å². The van der Waals surface area contributed by atoms with E-state index < -0.39 is 0 Å². The Bertz CT molecular complexity index is 680. The first kappa shape index (κ1) is 18.8. The van der Waals surface area contributed by atoms with E-state index in [1.54, 1.807) is 12.1 Å². The molecule has 1 amide bonds. The fourth-order valence-electron chi connectivity index (χ4n) is 2.13. The molecule has 0 aliphatic rings. The summed E-state index contributed by atoms with van der Waals surface area (Å²) in [6.45, 7) is 8.95. The molecule has 0 radical (unpaired) electrons. The van der Waals surface area contributed by atoms with E-state index in [0.717, 1.165) is 17.9 Å². The molecule has 134 valence electrons. The Morgan fingerprint density at radius 1 is 1.04 bits per heavy atom. The lowest BCUT2D eigenvalue weighted by Gasteiger charge is -2.14. The van der Waals surface area contributed by atoms with Gasteiger partial charge < -0.3 is 14.8 Å². The summed E-state index contributed by atoms with van der Waals surface area (Å²) in [4.78, 5) is 12.4. The highest BCUT2D eigenvalue weighted by molar-refractivity contribution is 6.04. The molecule has 1 atom stereocenters. The van der Waals surface area contributed by atoms with Crippen molar-refractivity contribution in [1.82, 2.24) is 0 Å². The van der Waals surface area contributed by atoms with Crippen molar-refractivity contribution in [2.24, 2.45) is 5.92 Å². The van der Waals surface area contributed by atoms with E-state index in [0.29, 0.717) is 23.8 Å². The zero-order valence-corrected chi connectivity index (χ0v) is 15.4. The van der Waals surface area contributed by atoms with Crippen LogP contribution in [-0.4, -0.2) is 18.6 Å². The smallest absolute Gasteiger partial charge is 0.255 e. The maximum absolute atomic E-state index is 12.4. The van der Waals surface area contributed by atoms with Crippen LogP contribution in [0.4, 0.5) is 5.69 Å². The van der Waals surface area contributed by atoms with Crippen LogP contribution in [0.15, 0.2) is 48.5 Å². The predicted octanol–water partition coefficient (Wildman–Crippen LogP) is 5.15. The highest BCUT2D eigenvalue weighted by Gasteiger charge is 2.08. The monoisotopic (exact) mass is 341 g/mol. The molecule has 0 saturated carbocycles. The Kier molecular flexibility index (Phi) is 6.87. The van der Waals surface area contributed by atoms with Crippen molar-refractivity contribution in [3.63, 3.8) is 0 Å². The van der Waals surface area contributed by atoms with E-state index in [9.17, 15) is 4.79 Å². The summed E-state index contributed by atoms with van der Waals surface area (Å²) < 4.78 is 11.4. The van der Waals surface area contributed by atoms with E-state index in [2.05, 4.69) is 26.1 Å². The van der Waals surface area contributed by atoms with Gasteiger partial charge in [0.25, 0.3) is 5.91 Å². The van der Waals surface area contributed by atoms with Crippen molar-refractivity contribution in [2.45, 2.75) is 40.2 Å². The highest BCUT2D eigenvalue weighted by atomic mass is 16.5. The molecule has 0 heterocycles. The molecule has 0 aromatic heterocycles. The van der Waals surface area contributed by atoms with Gasteiger partial charge in [-0.25, -0.2) is 0 Å². The van der Waals surface area contributed by atoms with Crippen LogP contribution in [0, 0.1) is 5.92 Å². The number of amides is 1. The Labute approximate surface area is 150 Å². The molecule has 1 N–H and O–H groups in total. The first-order valence-corrected chi connectivity index (χ1v) is 8.79. The first-order chi connectivity index (χ1) is 12.0. The third-order valence-corrected chi connectivity index (χ3v) is 3.70. The summed E-state index contributed by atoms with van der Waals surface area (Å²) in [6, 6.07) is 14.6. The second-order valence-electron chi connectivity index (χ2n) is 6.55. The largest absolute Gasteiger partial charge is 0.493 e. The van der Waals surface area contributed by atoms with Crippen molar-refractivity contribution >= 4 is 11.6 Å². The predicted molar refractivity (Wildman–Crippen MR) is 102 cm³/mol. The van der Waals surface area contributed by atoms with Crippen LogP contribution in [0.3, 0.4) is 0 Å². The van der Waals surface area contributed by atoms with E-state index in [1.165, 1.54) is 0 Å². The second kappa shape index (κ2) is 9.11. The highest BCUT2D eigenvalue weighted by Crippen LogP contribution is 2.20. The molecule has 4 heteroatoms. The summed E-state index contributed by atoms with van der Waals surface area (Å²) in [5.41, 5.74) is 1.30. The van der Waals surface area contributed by atoms with Gasteiger partial charge in [0.1, 0.15) is 11.5 Å². The van der Waals surface area contributed by atoms with Gasteiger partial charge in [0.15, 0.2) is 0 Å². The maximum atomic E-state index is 12.4. The third-order valence-electron chi connectivity index (χ3n) is 3.70. The van der Waals surface area contributed by atoms with Gasteiger partial charge in [-0.1, -0.05) is 26.8 Å². The Morgan fingerprint density at radius 2 is 1.76 bits per heavy atom. The van der Waals surface area contributed by atoms with Crippen molar-refractivity contribution in [3.05, 3.63) is 54.1 Å². The van der Waals surface area contributed by atoms with E-state index in [1.807, 2.05) is 43.3 Å². The van der Waals surface area contributed by atoms with Gasteiger partial charge in [-0.3, -0.25) is 4.79 Å². The minimum absolute atomic E-state index is 0.143. The molecule has 0 bridgehead atoms. The summed E-state index contributed by atoms with van der Waals surface area (Å²) in [7, 11) is 0. The molecule has 0 spiro atoms. The van der Waals surface area contributed by atoms with Crippen LogP contribution in [0.1, 0.15) is 44.5 Å². The maximum Gasteiger partial charge on any atom is 0.255 e. The standard InChI is InChI=1S/C21H27NO3/c1-5-16(4)25-20-8-6-7-18(13-20)22-21(23)17-9-11-19(12-10-17)24-14-15(2)3/h6-13,15-16H,5,14H2,1-4H3,(H,22,23). The first-order valence-electron chi connectivity index (χ1n) is 8.79. The third kappa shape index (κ3) is 6.14. The second-order valence-corrected chi connectivity index (χ2v) is 6.55. The molecular formula is C21H27NO3. The van der Waals surface area contributed by atoms with Gasteiger partial charge in [0.2, 0.25) is 0 Å². The fraction of sp³-hybridized carbons (Fsp3) is 0.381. The number of anilines is 1. The number of benzene rings is 2. The van der Waals surface area contributed by atoms with Gasteiger partial charge >= 0.3 is 0 Å². The molecule has 2 rings (SSSR count). The lowest BCUT2D eigenvalue weighted by atomic mass is 10.2. The van der Waals surface area contributed by atoms with Crippen molar-refractivity contribution < 1.29 is 14.3 Å². The Balaban J connectivity index is 1.98. The van der Waals surface area contributed by atoms with Crippen LogP contribution >= 0.6 is 0 Å². The number of rotatable bonds is 8. The molecule has 2 aromatic rings. The topological polar surface area (TPSA) is 47.6 Å². The van der Waals surface area contributed by atoms with Crippen LogP contribution < -0.4 is 14.8 Å². The van der Waals surface area contributed by atoms with Gasteiger partial charge in [-0.15, -0.1) is 0 Å². The van der Waals surface area contributed by atoms with Gasteiger partial charge in [0.05, 0.1) is 12.7 Å². The number of nitrogens with one attached hydrogen (secondary N) is 1. The van der Waals surface area contributed by atoms with E-state index >= 15 is 0 Å². The molecule has 25 heavy (non-hydrogen) atoms. The van der Waals surface area contributed by atoms with Crippen LogP contribution in [0.2, 0.25) is 0 Å². The number of carbonyl (C=O) groups excluding carboxylic acids is 1. The quantitative estimate of drug-likeness (QED) is 0.722. The Hall–Kier alpha value is -2.49. The van der Waals surface area contributed by atoms with Crippen LogP contribution in [-0.2, 0) is 0 Å². The number of hydrogen-bond donors (Lipinski definition) is 1. The summed E-state index contributed by atoms with van der Waals surface area (Å²) in [6.07, 6.45) is 1.08. The molecule has 0 fully saturated rings. The molecule has 0 saturated heterocycles. The molecule has 0 aliphatic carbocycles. The fourth-order valence-corrected chi connectivity index (χ4v) is 2.13. The molecule has 1 unspecified atom stereocenters. The summed E-state index contributed by atoms with van der Waals surface area (Å²) >= 11 is 0. The SMILES string of the molecule is CCC(C)Oc1cccc(NC(=O)c2ccc(OCC(C)C)cc2)c1. The van der Waals surface area contributed by atoms with E-state index in [-0.39, 0.29) is 12.0 Å². The van der Waals surface area contributed by atoms with Crippen LogP contribution in [0.25, 0.3) is 0 Å². The van der Waals surface area contributed by atoms with Gasteiger partial charge in [0, 0.05) is 17.3 Å².